The van der Waals surface area contributed by atoms with Gasteiger partial charge in [0.1, 0.15) is 0 Å². The first kappa shape index (κ1) is 17.2. The highest BCUT2D eigenvalue weighted by Gasteiger charge is 2.56. The number of aliphatic hydroxyl groups is 1. The molecule has 23 heavy (non-hydrogen) atoms. The van der Waals surface area contributed by atoms with Crippen molar-refractivity contribution in [2.45, 2.75) is 63.6 Å². The van der Waals surface area contributed by atoms with Crippen LogP contribution in [0.2, 0.25) is 0 Å². The fourth-order valence-electron chi connectivity index (χ4n) is 4.66. The number of aliphatic hydroxyl groups excluding tert-OH is 1. The van der Waals surface area contributed by atoms with Crippen molar-refractivity contribution in [2.75, 3.05) is 39.8 Å². The highest BCUT2D eigenvalue weighted by Crippen LogP contribution is 2.50. The van der Waals surface area contributed by atoms with E-state index in [1.165, 1.54) is 25.7 Å². The third kappa shape index (κ3) is 3.57. The lowest BCUT2D eigenvalue weighted by molar-refractivity contribution is -0.202. The highest BCUT2D eigenvalue weighted by molar-refractivity contribution is 5.76. The number of carbonyl (C=O) groups excluding carboxylic acids is 1. The van der Waals surface area contributed by atoms with Crippen LogP contribution in [0.1, 0.15) is 51.4 Å². The van der Waals surface area contributed by atoms with Gasteiger partial charge in [0.25, 0.3) is 0 Å². The predicted molar refractivity (Wildman–Crippen MR) is 89.2 cm³/mol. The zero-order chi connectivity index (χ0) is 16.3. The van der Waals surface area contributed by atoms with Crippen LogP contribution in [0.15, 0.2) is 0 Å². The summed E-state index contributed by atoms with van der Waals surface area (Å²) < 4.78 is 5.51. The Morgan fingerprint density at radius 3 is 2.35 bits per heavy atom. The van der Waals surface area contributed by atoms with Gasteiger partial charge in [-0.2, -0.15) is 0 Å². The molecule has 1 saturated carbocycles. The Hall–Kier alpha value is -0.650. The van der Waals surface area contributed by atoms with Crippen molar-refractivity contribution in [3.05, 3.63) is 0 Å². The first-order valence-corrected chi connectivity index (χ1v) is 9.37. The molecule has 3 rings (SSSR count). The quantitative estimate of drug-likeness (QED) is 0.854. The Balaban J connectivity index is 1.43. The summed E-state index contributed by atoms with van der Waals surface area (Å²) in [6.45, 7) is 4.76. The van der Waals surface area contributed by atoms with Gasteiger partial charge in [0.15, 0.2) is 0 Å². The molecule has 1 amide bonds. The maximum absolute atomic E-state index is 12.5. The van der Waals surface area contributed by atoms with Crippen LogP contribution in [-0.4, -0.2) is 72.9 Å². The zero-order valence-corrected chi connectivity index (χ0v) is 14.5. The molecule has 1 spiro atoms. The van der Waals surface area contributed by atoms with Gasteiger partial charge in [-0.05, 0) is 38.8 Å². The number of nitrogens with zero attached hydrogens (tertiary/aromatic N) is 2. The number of amides is 1. The minimum absolute atomic E-state index is 0.0870. The number of hydrogen-bond donors (Lipinski definition) is 1. The number of piperidine rings is 1. The maximum atomic E-state index is 12.5. The van der Waals surface area contributed by atoms with E-state index >= 15 is 0 Å². The average Bonchev–Trinajstić information content (AvgIpc) is 2.86. The van der Waals surface area contributed by atoms with E-state index in [0.717, 1.165) is 52.0 Å². The van der Waals surface area contributed by atoms with Crippen LogP contribution in [0.4, 0.5) is 0 Å². The lowest BCUT2D eigenvalue weighted by atomic mass is 9.58. The first-order valence-electron chi connectivity index (χ1n) is 9.37. The van der Waals surface area contributed by atoms with Crippen LogP contribution in [0, 0.1) is 5.41 Å². The van der Waals surface area contributed by atoms with Crippen molar-refractivity contribution in [3.63, 3.8) is 0 Å². The standard InChI is InChI=1S/C18H32N2O3/c1-23-16-14-15(21)18(16)7-12-20(13-8-18)17(22)6-11-19-9-4-2-3-5-10-19/h15-16,21H,2-14H2,1H3/t15-,16+/m1/s1. The van der Waals surface area contributed by atoms with Crippen molar-refractivity contribution in [3.8, 4) is 0 Å². The number of ether oxygens (including phenoxy) is 1. The average molecular weight is 324 g/mol. The Morgan fingerprint density at radius 2 is 1.78 bits per heavy atom. The molecule has 0 radical (unpaired) electrons. The molecule has 1 N–H and O–H groups in total. The maximum Gasteiger partial charge on any atom is 0.223 e. The van der Waals surface area contributed by atoms with E-state index in [0.29, 0.717) is 6.42 Å². The minimum Gasteiger partial charge on any atom is -0.392 e. The van der Waals surface area contributed by atoms with Gasteiger partial charge in [0.05, 0.1) is 12.2 Å². The van der Waals surface area contributed by atoms with Gasteiger partial charge in [-0.25, -0.2) is 0 Å². The fourth-order valence-corrected chi connectivity index (χ4v) is 4.66. The molecule has 2 atom stereocenters. The Kier molecular flexibility index (Phi) is 5.60. The molecular formula is C18H32N2O3. The summed E-state index contributed by atoms with van der Waals surface area (Å²) in [5, 5.41) is 10.2. The topological polar surface area (TPSA) is 53.0 Å². The minimum atomic E-state index is -0.248. The SMILES string of the molecule is CO[C@H]1C[C@@H](O)C12CCN(C(=O)CCN1CCCCCC1)CC2. The zero-order valence-electron chi connectivity index (χ0n) is 14.5. The summed E-state index contributed by atoms with van der Waals surface area (Å²) in [7, 11) is 1.73. The lowest BCUT2D eigenvalue weighted by Crippen LogP contribution is -2.62. The summed E-state index contributed by atoms with van der Waals surface area (Å²) in [6, 6.07) is 0. The predicted octanol–water partition coefficient (Wildman–Crippen LogP) is 1.64. The van der Waals surface area contributed by atoms with E-state index in [1.54, 1.807) is 7.11 Å². The number of rotatable bonds is 4. The van der Waals surface area contributed by atoms with Gasteiger partial charge in [0, 0.05) is 45.0 Å². The number of carbonyl (C=O) groups is 1. The summed E-state index contributed by atoms with van der Waals surface area (Å²) in [5.74, 6) is 0.284. The normalized spacial score (nSPS) is 31.7. The Labute approximate surface area is 140 Å². The second-order valence-electron chi connectivity index (χ2n) is 7.60. The molecule has 5 heteroatoms. The van der Waals surface area contributed by atoms with Crippen LogP contribution in [0.5, 0.6) is 0 Å². The molecule has 2 aliphatic heterocycles. The van der Waals surface area contributed by atoms with Crippen molar-refractivity contribution in [2.24, 2.45) is 5.41 Å². The number of hydrogen-bond acceptors (Lipinski definition) is 4. The molecule has 2 saturated heterocycles. The molecule has 2 heterocycles. The molecule has 0 aromatic rings. The van der Waals surface area contributed by atoms with Crippen LogP contribution in [0.25, 0.3) is 0 Å². The van der Waals surface area contributed by atoms with Crippen LogP contribution < -0.4 is 0 Å². The van der Waals surface area contributed by atoms with Crippen molar-refractivity contribution in [1.82, 2.24) is 9.80 Å². The van der Waals surface area contributed by atoms with E-state index in [9.17, 15) is 9.90 Å². The van der Waals surface area contributed by atoms with E-state index in [4.69, 9.17) is 4.74 Å². The molecule has 3 aliphatic rings. The third-order valence-electron chi connectivity index (χ3n) is 6.41. The highest BCUT2D eigenvalue weighted by atomic mass is 16.5. The van der Waals surface area contributed by atoms with E-state index in [1.807, 2.05) is 4.90 Å². The lowest BCUT2D eigenvalue weighted by Gasteiger charge is -2.56. The van der Waals surface area contributed by atoms with E-state index < -0.39 is 0 Å². The molecule has 0 aromatic carbocycles. The van der Waals surface area contributed by atoms with Crippen LogP contribution in [-0.2, 0) is 9.53 Å². The second kappa shape index (κ2) is 7.49. The molecule has 0 bridgehead atoms. The summed E-state index contributed by atoms with van der Waals surface area (Å²) >= 11 is 0. The van der Waals surface area contributed by atoms with Gasteiger partial charge >= 0.3 is 0 Å². The van der Waals surface area contributed by atoms with E-state index in [-0.39, 0.29) is 23.5 Å². The number of likely N-dealkylation sites (tertiary alicyclic amines) is 2. The molecule has 3 fully saturated rings. The van der Waals surface area contributed by atoms with Gasteiger partial charge in [-0.15, -0.1) is 0 Å². The Bertz CT molecular complexity index is 399. The fraction of sp³-hybridized carbons (Fsp3) is 0.944. The largest absolute Gasteiger partial charge is 0.392 e. The van der Waals surface area contributed by atoms with Crippen molar-refractivity contribution >= 4 is 5.91 Å². The number of methoxy groups -OCH3 is 1. The summed E-state index contributed by atoms with van der Waals surface area (Å²) in [4.78, 5) is 16.9. The van der Waals surface area contributed by atoms with Crippen LogP contribution in [0.3, 0.4) is 0 Å². The summed E-state index contributed by atoms with van der Waals surface area (Å²) in [6.07, 6.45) is 8.29. The molecule has 5 nitrogen and oxygen atoms in total. The van der Waals surface area contributed by atoms with E-state index in [2.05, 4.69) is 4.90 Å². The molecule has 0 unspecified atom stereocenters. The monoisotopic (exact) mass is 324 g/mol. The van der Waals surface area contributed by atoms with Crippen molar-refractivity contribution < 1.29 is 14.6 Å². The molecular weight excluding hydrogens is 292 g/mol. The first-order chi connectivity index (χ1) is 11.2. The van der Waals surface area contributed by atoms with Crippen molar-refractivity contribution in [1.29, 1.82) is 0 Å². The molecule has 132 valence electrons. The molecule has 1 aliphatic carbocycles. The second-order valence-corrected chi connectivity index (χ2v) is 7.60. The Morgan fingerprint density at radius 1 is 1.13 bits per heavy atom. The van der Waals surface area contributed by atoms with Gasteiger partial charge in [-0.3, -0.25) is 4.79 Å². The van der Waals surface area contributed by atoms with Gasteiger partial charge in [0.2, 0.25) is 5.91 Å². The summed E-state index contributed by atoms with van der Waals surface area (Å²) in [5.41, 5.74) is -0.0870. The third-order valence-corrected chi connectivity index (χ3v) is 6.41. The van der Waals surface area contributed by atoms with Gasteiger partial charge < -0.3 is 19.6 Å². The van der Waals surface area contributed by atoms with Gasteiger partial charge in [-0.1, -0.05) is 12.8 Å². The van der Waals surface area contributed by atoms with Crippen LogP contribution >= 0.6 is 0 Å². The smallest absolute Gasteiger partial charge is 0.223 e. The molecule has 0 aromatic heterocycles.